The van der Waals surface area contributed by atoms with E-state index in [-0.39, 0.29) is 25.9 Å². The molecule has 1 aromatic carbocycles. The third-order valence-corrected chi connectivity index (χ3v) is 5.08. The van der Waals surface area contributed by atoms with Crippen LogP contribution in [0.3, 0.4) is 0 Å². The quantitative estimate of drug-likeness (QED) is 0.687. The van der Waals surface area contributed by atoms with Crippen molar-refractivity contribution in [1.29, 1.82) is 0 Å². The standard InChI is InChI=1S/C21H25NO6/c1-13-8-17(13)18-5-2-15(28-18)4-7-21(24)22-10-14(23)11-25-16-3-6-19-20(9-16)27-12-26-19/h2-3,5-6,9,13-14,17,23H,4,7-8,10-12H2,1H3,(H,22,24). The molecule has 1 saturated carbocycles. The number of aliphatic hydroxyl groups is 1. The van der Waals surface area contributed by atoms with Crippen LogP contribution in [0.25, 0.3) is 0 Å². The van der Waals surface area contributed by atoms with Gasteiger partial charge >= 0.3 is 0 Å². The summed E-state index contributed by atoms with van der Waals surface area (Å²) in [6, 6.07) is 9.18. The summed E-state index contributed by atoms with van der Waals surface area (Å²) in [5.74, 6) is 4.85. The van der Waals surface area contributed by atoms with Crippen LogP contribution in [0, 0.1) is 5.92 Å². The van der Waals surface area contributed by atoms with Crippen LogP contribution in [0.2, 0.25) is 0 Å². The highest BCUT2D eigenvalue weighted by Gasteiger charge is 2.36. The molecular formula is C21H25NO6. The van der Waals surface area contributed by atoms with Crippen molar-refractivity contribution in [3.63, 3.8) is 0 Å². The average Bonchev–Trinajstić information content (AvgIpc) is 3.10. The van der Waals surface area contributed by atoms with E-state index in [9.17, 15) is 9.90 Å². The monoisotopic (exact) mass is 387 g/mol. The van der Waals surface area contributed by atoms with Gasteiger partial charge in [-0.05, 0) is 36.6 Å². The minimum Gasteiger partial charge on any atom is -0.491 e. The van der Waals surface area contributed by atoms with Gasteiger partial charge in [0.05, 0.1) is 0 Å². The van der Waals surface area contributed by atoms with Crippen LogP contribution in [-0.4, -0.2) is 37.1 Å². The topological polar surface area (TPSA) is 90.2 Å². The fraction of sp³-hybridized carbons (Fsp3) is 0.476. The van der Waals surface area contributed by atoms with E-state index in [0.29, 0.717) is 41.9 Å². The number of nitrogens with one attached hydrogen (secondary N) is 1. The number of fused-ring (bicyclic) bond motifs is 1. The molecule has 28 heavy (non-hydrogen) atoms. The first kappa shape index (κ1) is 18.7. The Morgan fingerprint density at radius 2 is 2.11 bits per heavy atom. The molecule has 1 aromatic heterocycles. The Kier molecular flexibility index (Phi) is 5.43. The van der Waals surface area contributed by atoms with Gasteiger partial charge in [-0.1, -0.05) is 6.92 Å². The summed E-state index contributed by atoms with van der Waals surface area (Å²) < 4.78 is 21.9. The van der Waals surface area contributed by atoms with E-state index in [1.54, 1.807) is 18.2 Å². The minimum atomic E-state index is -0.805. The number of hydrogen-bond donors (Lipinski definition) is 2. The lowest BCUT2D eigenvalue weighted by Crippen LogP contribution is -2.35. The SMILES string of the molecule is CC1CC1c1ccc(CCC(=O)NCC(O)COc2ccc3c(c2)OCO3)o1. The molecule has 3 atom stereocenters. The van der Waals surface area contributed by atoms with E-state index in [2.05, 4.69) is 12.2 Å². The number of amides is 1. The predicted molar refractivity (Wildman–Crippen MR) is 101 cm³/mol. The highest BCUT2D eigenvalue weighted by Crippen LogP contribution is 2.47. The van der Waals surface area contributed by atoms with Crippen molar-refractivity contribution in [3.05, 3.63) is 41.9 Å². The summed E-state index contributed by atoms with van der Waals surface area (Å²) in [4.78, 5) is 12.0. The summed E-state index contributed by atoms with van der Waals surface area (Å²) >= 11 is 0. The zero-order valence-corrected chi connectivity index (χ0v) is 15.8. The molecule has 2 aromatic rings. The molecular weight excluding hydrogens is 362 g/mol. The van der Waals surface area contributed by atoms with Gasteiger partial charge in [0.15, 0.2) is 11.5 Å². The van der Waals surface area contributed by atoms with Crippen molar-refractivity contribution in [2.45, 2.75) is 38.2 Å². The number of hydrogen-bond acceptors (Lipinski definition) is 6. The molecule has 2 N–H and O–H groups in total. The number of rotatable bonds is 9. The number of ether oxygens (including phenoxy) is 3. The minimum absolute atomic E-state index is 0.0705. The molecule has 150 valence electrons. The Balaban J connectivity index is 1.14. The zero-order valence-electron chi connectivity index (χ0n) is 15.8. The molecule has 0 radical (unpaired) electrons. The first-order valence-electron chi connectivity index (χ1n) is 9.64. The van der Waals surface area contributed by atoms with Gasteiger partial charge < -0.3 is 29.1 Å². The van der Waals surface area contributed by atoms with E-state index < -0.39 is 6.10 Å². The Labute approximate surface area is 163 Å². The molecule has 2 aliphatic rings. The van der Waals surface area contributed by atoms with E-state index in [0.717, 1.165) is 11.5 Å². The van der Waals surface area contributed by atoms with Gasteiger partial charge in [0.25, 0.3) is 0 Å². The number of carbonyl (C=O) groups is 1. The highest BCUT2D eigenvalue weighted by atomic mass is 16.7. The van der Waals surface area contributed by atoms with Crippen LogP contribution < -0.4 is 19.5 Å². The van der Waals surface area contributed by atoms with Gasteiger partial charge in [-0.2, -0.15) is 0 Å². The van der Waals surface area contributed by atoms with Gasteiger partial charge in [-0.3, -0.25) is 4.79 Å². The Morgan fingerprint density at radius 3 is 2.93 bits per heavy atom. The maximum Gasteiger partial charge on any atom is 0.231 e. The molecule has 4 rings (SSSR count). The summed E-state index contributed by atoms with van der Waals surface area (Å²) in [5, 5.41) is 12.7. The van der Waals surface area contributed by atoms with Crippen molar-refractivity contribution >= 4 is 5.91 Å². The first-order chi connectivity index (χ1) is 13.6. The second-order valence-corrected chi connectivity index (χ2v) is 7.41. The molecule has 1 fully saturated rings. The fourth-order valence-corrected chi connectivity index (χ4v) is 3.22. The average molecular weight is 387 g/mol. The van der Waals surface area contributed by atoms with Crippen LogP contribution >= 0.6 is 0 Å². The lowest BCUT2D eigenvalue weighted by atomic mass is 10.2. The van der Waals surface area contributed by atoms with Gasteiger partial charge in [-0.25, -0.2) is 0 Å². The molecule has 1 aliphatic carbocycles. The van der Waals surface area contributed by atoms with Crippen LogP contribution in [0.1, 0.15) is 37.2 Å². The Hall–Kier alpha value is -2.67. The molecule has 7 nitrogen and oxygen atoms in total. The fourth-order valence-electron chi connectivity index (χ4n) is 3.22. The van der Waals surface area contributed by atoms with Crippen LogP contribution in [-0.2, 0) is 11.2 Å². The summed E-state index contributed by atoms with van der Waals surface area (Å²) in [5.41, 5.74) is 0. The lowest BCUT2D eigenvalue weighted by Gasteiger charge is -2.13. The van der Waals surface area contributed by atoms with E-state index >= 15 is 0 Å². The van der Waals surface area contributed by atoms with Gasteiger partial charge in [0, 0.05) is 31.4 Å². The number of furan rings is 1. The van der Waals surface area contributed by atoms with Crippen molar-refractivity contribution < 1.29 is 28.5 Å². The van der Waals surface area contributed by atoms with E-state index in [1.165, 1.54) is 6.42 Å². The molecule has 2 heterocycles. The third kappa shape index (κ3) is 4.59. The molecule has 0 bridgehead atoms. The second-order valence-electron chi connectivity index (χ2n) is 7.41. The molecule has 0 saturated heterocycles. The summed E-state index contributed by atoms with van der Waals surface area (Å²) in [6.45, 7) is 2.61. The number of carbonyl (C=O) groups excluding carboxylic acids is 1. The largest absolute Gasteiger partial charge is 0.491 e. The predicted octanol–water partition coefficient (Wildman–Crippen LogP) is 2.62. The maximum absolute atomic E-state index is 12.0. The molecule has 1 amide bonds. The number of aliphatic hydroxyl groups excluding tert-OH is 1. The molecule has 1 aliphatic heterocycles. The van der Waals surface area contributed by atoms with Crippen molar-refractivity contribution in [2.24, 2.45) is 5.92 Å². The Bertz CT molecular complexity index is 832. The lowest BCUT2D eigenvalue weighted by molar-refractivity contribution is -0.121. The van der Waals surface area contributed by atoms with Gasteiger partial charge in [0.2, 0.25) is 12.7 Å². The second kappa shape index (κ2) is 8.14. The van der Waals surface area contributed by atoms with Gasteiger partial charge in [-0.15, -0.1) is 0 Å². The van der Waals surface area contributed by atoms with Gasteiger partial charge in [0.1, 0.15) is 30.0 Å². The van der Waals surface area contributed by atoms with Crippen molar-refractivity contribution in [1.82, 2.24) is 5.32 Å². The normalized spacial score (nSPS) is 20.6. The first-order valence-corrected chi connectivity index (χ1v) is 9.64. The summed E-state index contributed by atoms with van der Waals surface area (Å²) in [7, 11) is 0. The molecule has 0 spiro atoms. The van der Waals surface area contributed by atoms with E-state index in [1.807, 2.05) is 12.1 Å². The van der Waals surface area contributed by atoms with E-state index in [4.69, 9.17) is 18.6 Å². The third-order valence-electron chi connectivity index (χ3n) is 5.08. The van der Waals surface area contributed by atoms with Crippen molar-refractivity contribution in [2.75, 3.05) is 19.9 Å². The van der Waals surface area contributed by atoms with Crippen LogP contribution in [0.15, 0.2) is 34.7 Å². The van der Waals surface area contributed by atoms with Crippen LogP contribution in [0.4, 0.5) is 0 Å². The molecule has 3 unspecified atom stereocenters. The Morgan fingerprint density at radius 1 is 1.29 bits per heavy atom. The molecule has 7 heteroatoms. The van der Waals surface area contributed by atoms with Crippen LogP contribution in [0.5, 0.6) is 17.2 Å². The smallest absolute Gasteiger partial charge is 0.231 e. The number of benzene rings is 1. The highest BCUT2D eigenvalue weighted by molar-refractivity contribution is 5.76. The number of aryl methyl sites for hydroxylation is 1. The van der Waals surface area contributed by atoms with Crippen molar-refractivity contribution in [3.8, 4) is 17.2 Å². The zero-order chi connectivity index (χ0) is 19.5. The summed E-state index contributed by atoms with van der Waals surface area (Å²) in [6.07, 6.45) is 1.25. The maximum atomic E-state index is 12.0.